The fourth-order valence-electron chi connectivity index (χ4n) is 4.79. The van der Waals surface area contributed by atoms with Gasteiger partial charge in [-0.25, -0.2) is 13.4 Å². The van der Waals surface area contributed by atoms with Crippen LogP contribution in [0.1, 0.15) is 42.6 Å². The molecule has 3 atom stereocenters. The van der Waals surface area contributed by atoms with Gasteiger partial charge in [0.15, 0.2) is 0 Å². The van der Waals surface area contributed by atoms with Crippen LogP contribution in [0.15, 0.2) is 41.7 Å². The predicted molar refractivity (Wildman–Crippen MR) is 121 cm³/mol. The number of anilines is 1. The van der Waals surface area contributed by atoms with Gasteiger partial charge >= 0.3 is 6.18 Å². The lowest BCUT2D eigenvalue weighted by molar-refractivity contribution is -0.192. The summed E-state index contributed by atoms with van der Waals surface area (Å²) in [5.41, 5.74) is 1.21. The van der Waals surface area contributed by atoms with E-state index < -0.39 is 28.2 Å². The summed E-state index contributed by atoms with van der Waals surface area (Å²) in [6.07, 6.45) is -1.24. The van der Waals surface area contributed by atoms with Crippen LogP contribution in [0.4, 0.5) is 18.3 Å². The number of nitrogens with two attached hydrogens (primary N) is 1. The highest BCUT2D eigenvalue weighted by Gasteiger charge is 2.47. The first-order valence-electron chi connectivity index (χ1n) is 10.8. The van der Waals surface area contributed by atoms with E-state index in [1.807, 2.05) is 4.90 Å². The summed E-state index contributed by atoms with van der Waals surface area (Å²) in [6.45, 7) is 0.488. The number of fused-ring (bicyclic) bond motifs is 1. The molecule has 2 aliphatic rings. The molecule has 0 amide bonds. The molecule has 2 aromatic heterocycles. The Hall–Kier alpha value is -2.91. The van der Waals surface area contributed by atoms with Crippen molar-refractivity contribution in [1.29, 1.82) is 0 Å². The lowest BCUT2D eigenvalue weighted by Crippen LogP contribution is -2.45. The van der Waals surface area contributed by atoms with Crippen LogP contribution in [0, 0.1) is 5.92 Å². The fourth-order valence-corrected chi connectivity index (χ4v) is 6.46. The number of rotatable bonds is 5. The summed E-state index contributed by atoms with van der Waals surface area (Å²) < 4.78 is 78.2. The molecule has 35 heavy (non-hydrogen) atoms. The Kier molecular flexibility index (Phi) is 6.09. The van der Waals surface area contributed by atoms with Crippen LogP contribution in [-0.4, -0.2) is 51.9 Å². The van der Waals surface area contributed by atoms with Gasteiger partial charge in [-0.2, -0.15) is 27.4 Å². The van der Waals surface area contributed by atoms with Gasteiger partial charge < -0.3 is 10.6 Å². The molecule has 0 radical (unpaired) electrons. The molecule has 2 aliphatic heterocycles. The third kappa shape index (κ3) is 4.67. The normalized spacial score (nSPS) is 23.5. The van der Waals surface area contributed by atoms with Crippen LogP contribution in [0.2, 0.25) is 0 Å². The van der Waals surface area contributed by atoms with Gasteiger partial charge in [-0.1, -0.05) is 6.07 Å². The molecule has 3 aromatic rings. The van der Waals surface area contributed by atoms with Crippen molar-refractivity contribution in [1.82, 2.24) is 24.1 Å². The standard InChI is InChI=1S/C20H22F3N7O3S2/c21-20(22,23)12-4-7-29(17(9-12)16-3-6-26-30(16)24)15-5-8-33-18-10-13(1-2-14(15)18)35(31,32)28-19-25-11-27-34-19/h1-3,6,10-12,15,17H,4-5,7-9,24H2,(H,25,27,28)/t12-,15-,17+/m0/s1. The van der Waals surface area contributed by atoms with Crippen LogP contribution in [0.5, 0.6) is 5.75 Å². The van der Waals surface area contributed by atoms with E-state index in [-0.39, 0.29) is 35.5 Å². The van der Waals surface area contributed by atoms with Crippen LogP contribution < -0.4 is 15.3 Å². The molecule has 188 valence electrons. The SMILES string of the molecule is Nn1nccc1[C@H]1C[C@@H](C(F)(F)F)CCN1[C@H]1CCOc2cc(S(=O)(=O)Nc3ncns3)ccc21. The fraction of sp³-hybridized carbons (Fsp3) is 0.450. The second-order valence-corrected chi connectivity index (χ2v) is 10.9. The molecule has 0 aliphatic carbocycles. The average molecular weight is 530 g/mol. The summed E-state index contributed by atoms with van der Waals surface area (Å²) in [6, 6.07) is 5.28. The Labute approximate surface area is 203 Å². The van der Waals surface area contributed by atoms with Gasteiger partial charge in [-0.3, -0.25) is 9.62 Å². The molecule has 0 spiro atoms. The summed E-state index contributed by atoms with van der Waals surface area (Å²) >= 11 is 0.908. The van der Waals surface area contributed by atoms with Crippen molar-refractivity contribution < 1.29 is 26.3 Å². The van der Waals surface area contributed by atoms with E-state index in [0.29, 0.717) is 30.0 Å². The van der Waals surface area contributed by atoms with Gasteiger partial charge in [0.2, 0.25) is 5.13 Å². The first kappa shape index (κ1) is 23.8. The van der Waals surface area contributed by atoms with Crippen molar-refractivity contribution in [2.24, 2.45) is 5.92 Å². The summed E-state index contributed by atoms with van der Waals surface area (Å²) in [7, 11) is -3.92. The number of sulfonamides is 1. The Bertz CT molecular complexity index is 1300. The average Bonchev–Trinajstić information content (AvgIpc) is 3.48. The minimum Gasteiger partial charge on any atom is -0.493 e. The molecule has 5 rings (SSSR count). The van der Waals surface area contributed by atoms with Gasteiger partial charge in [0.1, 0.15) is 12.1 Å². The molecule has 1 saturated heterocycles. The zero-order valence-electron chi connectivity index (χ0n) is 18.2. The molecular weight excluding hydrogens is 507 g/mol. The summed E-state index contributed by atoms with van der Waals surface area (Å²) in [5, 5.41) is 4.09. The number of piperidine rings is 1. The quantitative estimate of drug-likeness (QED) is 0.483. The number of alkyl halides is 3. The number of nitrogens with zero attached hydrogens (tertiary/aromatic N) is 5. The summed E-state index contributed by atoms with van der Waals surface area (Å²) in [4.78, 5) is 6.93. The van der Waals surface area contributed by atoms with Crippen molar-refractivity contribution in [2.45, 2.75) is 42.4 Å². The number of aromatic nitrogens is 4. The molecule has 1 fully saturated rings. The van der Waals surface area contributed by atoms with E-state index in [4.69, 9.17) is 10.6 Å². The molecule has 4 heterocycles. The van der Waals surface area contributed by atoms with Gasteiger partial charge in [0, 0.05) is 42.2 Å². The van der Waals surface area contributed by atoms with Crippen LogP contribution in [0.25, 0.3) is 0 Å². The second-order valence-electron chi connectivity index (χ2n) is 8.42. The maximum absolute atomic E-state index is 13.6. The Morgan fingerprint density at radius 1 is 1.20 bits per heavy atom. The van der Waals surface area contributed by atoms with Gasteiger partial charge in [-0.05, 0) is 25.0 Å². The topological polar surface area (TPSA) is 128 Å². The lowest BCUT2D eigenvalue weighted by atomic mass is 9.85. The number of hydrogen-bond donors (Lipinski definition) is 2. The predicted octanol–water partition coefficient (Wildman–Crippen LogP) is 3.09. The van der Waals surface area contributed by atoms with Crippen molar-refractivity contribution >= 4 is 26.7 Å². The highest BCUT2D eigenvalue weighted by molar-refractivity contribution is 7.93. The molecule has 0 saturated carbocycles. The molecule has 0 unspecified atom stereocenters. The van der Waals surface area contributed by atoms with Crippen LogP contribution in [0.3, 0.4) is 0 Å². The number of hydrogen-bond acceptors (Lipinski definition) is 9. The van der Waals surface area contributed by atoms with E-state index in [0.717, 1.165) is 16.3 Å². The Balaban J connectivity index is 1.46. The first-order chi connectivity index (χ1) is 16.6. The second kappa shape index (κ2) is 8.95. The lowest BCUT2D eigenvalue weighted by Gasteiger charge is -2.45. The minimum absolute atomic E-state index is 0.0144. The van der Waals surface area contributed by atoms with E-state index in [1.54, 1.807) is 12.1 Å². The Morgan fingerprint density at radius 2 is 2.03 bits per heavy atom. The Morgan fingerprint density at radius 3 is 2.71 bits per heavy atom. The van der Waals surface area contributed by atoms with Gasteiger partial charge in [0.05, 0.1) is 35.4 Å². The van der Waals surface area contributed by atoms with Crippen molar-refractivity contribution in [3.63, 3.8) is 0 Å². The van der Waals surface area contributed by atoms with E-state index in [2.05, 4.69) is 19.2 Å². The maximum Gasteiger partial charge on any atom is 0.391 e. The third-order valence-corrected chi connectivity index (χ3v) is 8.48. The number of nitrogens with one attached hydrogen (secondary N) is 1. The highest BCUT2D eigenvalue weighted by Crippen LogP contribution is 2.48. The minimum atomic E-state index is -4.30. The number of benzene rings is 1. The van der Waals surface area contributed by atoms with E-state index in [1.165, 1.54) is 24.7 Å². The zero-order chi connectivity index (χ0) is 24.8. The van der Waals surface area contributed by atoms with Crippen molar-refractivity contribution in [3.05, 3.63) is 48.0 Å². The van der Waals surface area contributed by atoms with E-state index in [9.17, 15) is 21.6 Å². The maximum atomic E-state index is 13.6. The summed E-state index contributed by atoms with van der Waals surface area (Å²) in [5.74, 6) is 4.85. The number of halogens is 3. The molecule has 10 nitrogen and oxygen atoms in total. The van der Waals surface area contributed by atoms with Gasteiger partial charge in [-0.15, -0.1) is 0 Å². The number of ether oxygens (including phenoxy) is 1. The van der Waals surface area contributed by atoms with Gasteiger partial charge in [0.25, 0.3) is 10.0 Å². The largest absolute Gasteiger partial charge is 0.493 e. The molecule has 15 heteroatoms. The smallest absolute Gasteiger partial charge is 0.391 e. The number of likely N-dealkylation sites (tertiary alicyclic amines) is 1. The molecular formula is C20H22F3N7O3S2. The molecule has 1 aromatic carbocycles. The molecule has 3 N–H and O–H groups in total. The van der Waals surface area contributed by atoms with Crippen molar-refractivity contribution in [3.8, 4) is 5.75 Å². The first-order valence-corrected chi connectivity index (χ1v) is 13.1. The third-order valence-electron chi connectivity index (χ3n) is 6.44. The van der Waals surface area contributed by atoms with Crippen LogP contribution in [-0.2, 0) is 10.0 Å². The zero-order valence-corrected chi connectivity index (χ0v) is 19.9. The monoisotopic (exact) mass is 529 g/mol. The number of nitrogen functional groups attached to an aromatic ring is 1. The van der Waals surface area contributed by atoms with E-state index >= 15 is 0 Å². The highest BCUT2D eigenvalue weighted by atomic mass is 32.2. The van der Waals surface area contributed by atoms with Crippen LogP contribution >= 0.6 is 11.5 Å². The molecule has 0 bridgehead atoms. The van der Waals surface area contributed by atoms with Crippen molar-refractivity contribution in [2.75, 3.05) is 23.7 Å².